The van der Waals surface area contributed by atoms with Gasteiger partial charge in [-0.25, -0.2) is 0 Å². The van der Waals surface area contributed by atoms with E-state index in [0.717, 1.165) is 17.7 Å². The maximum Gasteiger partial charge on any atom is 0.265 e. The Kier molecular flexibility index (Phi) is 7.98. The standard InChI is InChI=1S/C24H27NO4S2/c1-5-27-21-14-18(15-22-23(26)25(4)24(30)31-22)7-8-20(21)29-10-6-9-28-19-12-16(2)11-17(3)13-19/h7-8,11-15H,5-6,9-10H2,1-4H3/b22-15-. The number of nitrogens with zero attached hydrogens (tertiary/aromatic N) is 1. The van der Waals surface area contributed by atoms with Crippen LogP contribution in [0.1, 0.15) is 30.0 Å². The first-order valence-electron chi connectivity index (χ1n) is 10.2. The Morgan fingerprint density at radius 1 is 1.00 bits per heavy atom. The molecule has 5 nitrogen and oxygen atoms in total. The molecule has 0 spiro atoms. The maximum absolute atomic E-state index is 12.2. The van der Waals surface area contributed by atoms with Crippen LogP contribution in [0.3, 0.4) is 0 Å². The van der Waals surface area contributed by atoms with Gasteiger partial charge in [-0.1, -0.05) is 36.1 Å². The summed E-state index contributed by atoms with van der Waals surface area (Å²) < 4.78 is 18.1. The fraction of sp³-hybridized carbons (Fsp3) is 0.333. The van der Waals surface area contributed by atoms with Gasteiger partial charge in [0.15, 0.2) is 11.5 Å². The van der Waals surface area contributed by atoms with Crippen LogP contribution in [-0.4, -0.2) is 42.0 Å². The minimum absolute atomic E-state index is 0.0860. The van der Waals surface area contributed by atoms with E-state index in [4.69, 9.17) is 26.4 Å². The van der Waals surface area contributed by atoms with Crippen LogP contribution in [0.4, 0.5) is 0 Å². The Morgan fingerprint density at radius 3 is 2.35 bits per heavy atom. The van der Waals surface area contributed by atoms with E-state index in [-0.39, 0.29) is 5.91 Å². The van der Waals surface area contributed by atoms with Gasteiger partial charge < -0.3 is 14.2 Å². The number of thioether (sulfide) groups is 1. The number of likely N-dealkylation sites (N-methyl/N-ethyl adjacent to an activating group) is 1. The van der Waals surface area contributed by atoms with E-state index < -0.39 is 0 Å². The third-order valence-corrected chi connectivity index (χ3v) is 6.05. The lowest BCUT2D eigenvalue weighted by Crippen LogP contribution is -2.22. The highest BCUT2D eigenvalue weighted by Gasteiger charge is 2.28. The summed E-state index contributed by atoms with van der Waals surface area (Å²) in [5, 5.41) is 0. The molecule has 1 heterocycles. The number of hydrogen-bond donors (Lipinski definition) is 0. The van der Waals surface area contributed by atoms with Gasteiger partial charge in [-0.3, -0.25) is 9.69 Å². The summed E-state index contributed by atoms with van der Waals surface area (Å²) in [6.07, 6.45) is 2.58. The monoisotopic (exact) mass is 457 g/mol. The van der Waals surface area contributed by atoms with Gasteiger partial charge in [-0.15, -0.1) is 0 Å². The minimum Gasteiger partial charge on any atom is -0.493 e. The molecule has 0 aliphatic carbocycles. The van der Waals surface area contributed by atoms with Gasteiger partial charge in [0, 0.05) is 13.5 Å². The van der Waals surface area contributed by atoms with Gasteiger partial charge in [0.1, 0.15) is 10.1 Å². The van der Waals surface area contributed by atoms with Crippen molar-refractivity contribution in [1.82, 2.24) is 4.90 Å². The largest absolute Gasteiger partial charge is 0.493 e. The number of carbonyl (C=O) groups is 1. The molecular formula is C24H27NO4S2. The number of hydrogen-bond acceptors (Lipinski definition) is 6. The summed E-state index contributed by atoms with van der Waals surface area (Å²) in [6.45, 7) is 7.66. The van der Waals surface area contributed by atoms with Crippen LogP contribution in [-0.2, 0) is 4.79 Å². The predicted molar refractivity (Wildman–Crippen MR) is 130 cm³/mol. The Balaban J connectivity index is 1.58. The third-order valence-electron chi connectivity index (χ3n) is 4.56. The summed E-state index contributed by atoms with van der Waals surface area (Å²) in [6, 6.07) is 11.9. The number of benzene rings is 2. The molecule has 1 aliphatic heterocycles. The maximum atomic E-state index is 12.2. The fourth-order valence-electron chi connectivity index (χ4n) is 3.15. The van der Waals surface area contributed by atoms with E-state index in [0.29, 0.717) is 40.5 Å². The lowest BCUT2D eigenvalue weighted by molar-refractivity contribution is -0.121. The molecule has 0 atom stereocenters. The van der Waals surface area contributed by atoms with E-state index in [9.17, 15) is 4.79 Å². The second kappa shape index (κ2) is 10.7. The zero-order valence-corrected chi connectivity index (χ0v) is 19.9. The quantitative estimate of drug-likeness (QED) is 0.286. The van der Waals surface area contributed by atoms with E-state index in [1.807, 2.05) is 43.3 Å². The van der Waals surface area contributed by atoms with E-state index in [2.05, 4.69) is 19.9 Å². The average molecular weight is 458 g/mol. The molecule has 0 saturated carbocycles. The van der Waals surface area contributed by atoms with Crippen molar-refractivity contribution >= 4 is 40.3 Å². The molecule has 2 aromatic rings. The van der Waals surface area contributed by atoms with Gasteiger partial charge in [-0.05, 0) is 67.8 Å². The number of thiocarbonyl (C=S) groups is 1. The Hall–Kier alpha value is -2.51. The Labute approximate surface area is 193 Å². The van der Waals surface area contributed by atoms with Crippen molar-refractivity contribution in [3.05, 3.63) is 58.0 Å². The first kappa shape index (κ1) is 23.2. The van der Waals surface area contributed by atoms with Crippen LogP contribution in [0, 0.1) is 13.8 Å². The SMILES string of the molecule is CCOc1cc(/C=C2\SC(=S)N(C)C2=O)ccc1OCCCOc1cc(C)cc(C)c1. The van der Waals surface area contributed by atoms with Gasteiger partial charge in [0.05, 0.1) is 24.7 Å². The highest BCUT2D eigenvalue weighted by atomic mass is 32.2. The molecule has 1 amide bonds. The summed E-state index contributed by atoms with van der Waals surface area (Å²) >= 11 is 6.49. The molecule has 1 saturated heterocycles. The summed E-state index contributed by atoms with van der Waals surface area (Å²) in [5.74, 6) is 2.12. The zero-order chi connectivity index (χ0) is 22.4. The van der Waals surface area contributed by atoms with Crippen molar-refractivity contribution < 1.29 is 19.0 Å². The highest BCUT2D eigenvalue weighted by molar-refractivity contribution is 8.26. The molecule has 7 heteroatoms. The molecule has 164 valence electrons. The van der Waals surface area contributed by atoms with Crippen molar-refractivity contribution in [2.45, 2.75) is 27.2 Å². The summed E-state index contributed by atoms with van der Waals surface area (Å²) in [4.78, 5) is 14.3. The molecule has 0 unspecified atom stereocenters. The van der Waals surface area contributed by atoms with Gasteiger partial charge >= 0.3 is 0 Å². The molecule has 3 rings (SSSR count). The molecule has 31 heavy (non-hydrogen) atoms. The van der Waals surface area contributed by atoms with Crippen LogP contribution in [0.15, 0.2) is 41.3 Å². The Bertz CT molecular complexity index is 983. The second-order valence-corrected chi connectivity index (χ2v) is 8.93. The number of aryl methyl sites for hydroxylation is 2. The molecule has 0 aromatic heterocycles. The topological polar surface area (TPSA) is 48.0 Å². The lowest BCUT2D eigenvalue weighted by Gasteiger charge is -2.13. The molecule has 1 aliphatic rings. The molecule has 0 bridgehead atoms. The van der Waals surface area contributed by atoms with Crippen molar-refractivity contribution in [3.8, 4) is 17.2 Å². The highest BCUT2D eigenvalue weighted by Crippen LogP contribution is 2.34. The van der Waals surface area contributed by atoms with Crippen LogP contribution < -0.4 is 14.2 Å². The normalized spacial score (nSPS) is 15.0. The van der Waals surface area contributed by atoms with E-state index in [1.54, 1.807) is 7.05 Å². The van der Waals surface area contributed by atoms with Crippen LogP contribution in [0.25, 0.3) is 6.08 Å². The summed E-state index contributed by atoms with van der Waals surface area (Å²) in [5.41, 5.74) is 3.24. The van der Waals surface area contributed by atoms with Crippen LogP contribution >= 0.6 is 24.0 Å². The predicted octanol–water partition coefficient (Wildman–Crippen LogP) is 5.38. The number of carbonyl (C=O) groups excluding carboxylic acids is 1. The molecule has 1 fully saturated rings. The van der Waals surface area contributed by atoms with Crippen molar-refractivity contribution in [3.63, 3.8) is 0 Å². The number of ether oxygens (including phenoxy) is 3. The number of amides is 1. The smallest absolute Gasteiger partial charge is 0.265 e. The fourth-order valence-corrected chi connectivity index (χ4v) is 4.33. The lowest BCUT2D eigenvalue weighted by atomic mass is 10.1. The summed E-state index contributed by atoms with van der Waals surface area (Å²) in [7, 11) is 1.69. The van der Waals surface area contributed by atoms with Crippen molar-refractivity contribution in [1.29, 1.82) is 0 Å². The van der Waals surface area contributed by atoms with E-state index >= 15 is 0 Å². The molecule has 2 aromatic carbocycles. The van der Waals surface area contributed by atoms with Crippen LogP contribution in [0.2, 0.25) is 0 Å². The molecular weight excluding hydrogens is 430 g/mol. The van der Waals surface area contributed by atoms with Gasteiger partial charge in [-0.2, -0.15) is 0 Å². The molecule has 0 radical (unpaired) electrons. The van der Waals surface area contributed by atoms with E-state index in [1.165, 1.54) is 27.8 Å². The second-order valence-electron chi connectivity index (χ2n) is 7.25. The van der Waals surface area contributed by atoms with Gasteiger partial charge in [0.2, 0.25) is 0 Å². The first-order valence-corrected chi connectivity index (χ1v) is 11.4. The van der Waals surface area contributed by atoms with Crippen molar-refractivity contribution in [2.75, 3.05) is 26.9 Å². The zero-order valence-electron chi connectivity index (χ0n) is 18.3. The number of rotatable bonds is 9. The first-order chi connectivity index (χ1) is 14.9. The minimum atomic E-state index is -0.0860. The van der Waals surface area contributed by atoms with Gasteiger partial charge in [0.25, 0.3) is 5.91 Å². The Morgan fingerprint density at radius 2 is 1.71 bits per heavy atom. The van der Waals surface area contributed by atoms with Crippen LogP contribution in [0.5, 0.6) is 17.2 Å². The average Bonchev–Trinajstić information content (AvgIpc) is 2.95. The molecule has 0 N–H and O–H groups in total. The third kappa shape index (κ3) is 6.24. The van der Waals surface area contributed by atoms with Crippen molar-refractivity contribution in [2.24, 2.45) is 0 Å².